The van der Waals surface area contributed by atoms with Gasteiger partial charge in [-0.15, -0.1) is 0 Å². The van der Waals surface area contributed by atoms with E-state index in [9.17, 15) is 5.11 Å². The molecule has 13 heavy (non-hydrogen) atoms. The Kier molecular flexibility index (Phi) is 3.96. The van der Waals surface area contributed by atoms with E-state index < -0.39 is 0 Å². The van der Waals surface area contributed by atoms with Crippen molar-refractivity contribution in [3.63, 3.8) is 0 Å². The number of aromatic hydroxyl groups is 2. The van der Waals surface area contributed by atoms with Crippen LogP contribution in [0.4, 0.5) is 0 Å². The highest BCUT2D eigenvalue weighted by Crippen LogP contribution is 2.26. The molecule has 0 atom stereocenters. The molecule has 1 aromatic rings. The zero-order valence-corrected chi connectivity index (χ0v) is 8.47. The molecule has 3 heteroatoms. The highest BCUT2D eigenvalue weighted by atomic mass is 32.2. The van der Waals surface area contributed by atoms with Gasteiger partial charge in [-0.25, -0.2) is 0 Å². The summed E-state index contributed by atoms with van der Waals surface area (Å²) in [6.07, 6.45) is 1.16. The zero-order valence-electron chi connectivity index (χ0n) is 7.66. The van der Waals surface area contributed by atoms with Crippen molar-refractivity contribution < 1.29 is 10.2 Å². The lowest BCUT2D eigenvalue weighted by Gasteiger charge is -2.02. The average Bonchev–Trinajstić information content (AvgIpc) is 2.12. The molecule has 0 aliphatic heterocycles. The number of phenolic OH excluding ortho intramolecular Hbond substituents is 2. The Bertz CT molecular complexity index is 274. The topological polar surface area (TPSA) is 40.5 Å². The molecule has 2 nitrogen and oxygen atoms in total. The van der Waals surface area contributed by atoms with Crippen LogP contribution < -0.4 is 0 Å². The third kappa shape index (κ3) is 3.19. The zero-order chi connectivity index (χ0) is 9.68. The summed E-state index contributed by atoms with van der Waals surface area (Å²) < 4.78 is 0. The highest BCUT2D eigenvalue weighted by Gasteiger charge is 1.99. The summed E-state index contributed by atoms with van der Waals surface area (Å²) in [5, 5.41) is 18.3. The van der Waals surface area contributed by atoms with Crippen molar-refractivity contribution >= 4 is 11.8 Å². The Morgan fingerprint density at radius 1 is 1.23 bits per heavy atom. The molecule has 0 heterocycles. The largest absolute Gasteiger partial charge is 0.504 e. The van der Waals surface area contributed by atoms with E-state index in [1.165, 1.54) is 6.07 Å². The number of benzene rings is 1. The number of thioether (sulfide) groups is 1. The number of hydrogen-bond donors (Lipinski definition) is 2. The smallest absolute Gasteiger partial charge is 0.157 e. The average molecular weight is 198 g/mol. The molecule has 0 aliphatic carbocycles. The molecule has 0 radical (unpaired) electrons. The van der Waals surface area contributed by atoms with Gasteiger partial charge in [-0.2, -0.15) is 11.8 Å². The van der Waals surface area contributed by atoms with E-state index in [1.807, 2.05) is 17.8 Å². The molecule has 1 rings (SSSR count). The highest BCUT2D eigenvalue weighted by molar-refractivity contribution is 7.98. The lowest BCUT2D eigenvalue weighted by molar-refractivity contribution is 0.403. The Labute approximate surface area is 82.6 Å². The fourth-order valence-electron chi connectivity index (χ4n) is 0.993. The fourth-order valence-corrected chi connectivity index (χ4v) is 1.84. The van der Waals surface area contributed by atoms with Gasteiger partial charge >= 0.3 is 0 Å². The quantitative estimate of drug-likeness (QED) is 0.577. The minimum atomic E-state index is -0.0516. The molecule has 72 valence electrons. The molecule has 0 saturated carbocycles. The first-order valence-electron chi connectivity index (χ1n) is 4.32. The van der Waals surface area contributed by atoms with Crippen molar-refractivity contribution in [1.82, 2.24) is 0 Å². The molecule has 0 aliphatic rings. The van der Waals surface area contributed by atoms with Gasteiger partial charge < -0.3 is 10.2 Å². The molecular formula is C10H14O2S. The van der Waals surface area contributed by atoms with Crippen LogP contribution in [0.3, 0.4) is 0 Å². The molecule has 1 aromatic carbocycles. The summed E-state index contributed by atoms with van der Waals surface area (Å²) in [7, 11) is 0. The molecule has 0 saturated heterocycles. The molecule has 0 fully saturated rings. The maximum Gasteiger partial charge on any atom is 0.157 e. The van der Waals surface area contributed by atoms with E-state index in [-0.39, 0.29) is 11.5 Å². The van der Waals surface area contributed by atoms with Crippen molar-refractivity contribution in [2.75, 3.05) is 5.75 Å². The summed E-state index contributed by atoms with van der Waals surface area (Å²) in [4.78, 5) is 0. The minimum absolute atomic E-state index is 0.0328. The van der Waals surface area contributed by atoms with Crippen molar-refractivity contribution in [3.8, 4) is 11.5 Å². The van der Waals surface area contributed by atoms with Gasteiger partial charge in [0.25, 0.3) is 0 Å². The Balaban J connectivity index is 2.53. The normalized spacial score (nSPS) is 10.2. The van der Waals surface area contributed by atoms with Gasteiger partial charge in [0.05, 0.1) is 0 Å². The maximum atomic E-state index is 9.20. The van der Waals surface area contributed by atoms with Gasteiger partial charge in [0.2, 0.25) is 0 Å². The van der Waals surface area contributed by atoms with Crippen LogP contribution in [0.2, 0.25) is 0 Å². The first kappa shape index (κ1) is 10.3. The van der Waals surface area contributed by atoms with E-state index in [0.717, 1.165) is 23.5 Å². The lowest BCUT2D eigenvalue weighted by Crippen LogP contribution is -1.82. The van der Waals surface area contributed by atoms with Crippen molar-refractivity contribution in [1.29, 1.82) is 0 Å². The first-order chi connectivity index (χ1) is 6.24. The van der Waals surface area contributed by atoms with Gasteiger partial charge in [0, 0.05) is 5.75 Å². The summed E-state index contributed by atoms with van der Waals surface area (Å²) >= 11 is 1.83. The van der Waals surface area contributed by atoms with Gasteiger partial charge in [0.1, 0.15) is 0 Å². The summed E-state index contributed by atoms with van der Waals surface area (Å²) in [5.74, 6) is 1.93. The standard InChI is InChI=1S/C10H14O2S/c1-2-5-13-7-8-3-4-9(11)10(12)6-8/h3-4,6,11-12H,2,5,7H2,1H3. The van der Waals surface area contributed by atoms with Crippen molar-refractivity contribution in [3.05, 3.63) is 23.8 Å². The van der Waals surface area contributed by atoms with Gasteiger partial charge in [0.15, 0.2) is 11.5 Å². The maximum absolute atomic E-state index is 9.20. The number of hydrogen-bond acceptors (Lipinski definition) is 3. The van der Waals surface area contributed by atoms with Crippen LogP contribution in [0.5, 0.6) is 11.5 Å². The fraction of sp³-hybridized carbons (Fsp3) is 0.400. The van der Waals surface area contributed by atoms with E-state index in [2.05, 4.69) is 6.92 Å². The van der Waals surface area contributed by atoms with Crippen LogP contribution in [0, 0.1) is 0 Å². The van der Waals surface area contributed by atoms with Crippen LogP contribution in [0.25, 0.3) is 0 Å². The van der Waals surface area contributed by atoms with Gasteiger partial charge in [-0.1, -0.05) is 13.0 Å². The number of rotatable bonds is 4. The van der Waals surface area contributed by atoms with Crippen LogP contribution >= 0.6 is 11.8 Å². The van der Waals surface area contributed by atoms with Gasteiger partial charge in [-0.3, -0.25) is 0 Å². The third-order valence-electron chi connectivity index (χ3n) is 1.66. The van der Waals surface area contributed by atoms with E-state index >= 15 is 0 Å². The molecular weight excluding hydrogens is 184 g/mol. The molecule has 0 aromatic heterocycles. The summed E-state index contributed by atoms with van der Waals surface area (Å²) in [6.45, 7) is 2.14. The molecule has 0 unspecified atom stereocenters. The van der Waals surface area contributed by atoms with E-state index in [1.54, 1.807) is 6.07 Å². The lowest BCUT2D eigenvalue weighted by atomic mass is 10.2. The SMILES string of the molecule is CCCSCc1ccc(O)c(O)c1. The molecule has 2 N–H and O–H groups in total. The monoisotopic (exact) mass is 198 g/mol. The van der Waals surface area contributed by atoms with Crippen LogP contribution in [-0.4, -0.2) is 16.0 Å². The van der Waals surface area contributed by atoms with Crippen LogP contribution in [0.15, 0.2) is 18.2 Å². The Morgan fingerprint density at radius 2 is 2.00 bits per heavy atom. The minimum Gasteiger partial charge on any atom is -0.504 e. The summed E-state index contributed by atoms with van der Waals surface area (Å²) in [6, 6.07) is 4.97. The van der Waals surface area contributed by atoms with Crippen molar-refractivity contribution in [2.24, 2.45) is 0 Å². The second kappa shape index (κ2) is 5.02. The number of phenols is 2. The van der Waals surface area contributed by atoms with Crippen LogP contribution in [-0.2, 0) is 5.75 Å². The van der Waals surface area contributed by atoms with E-state index in [4.69, 9.17) is 5.11 Å². The second-order valence-corrected chi connectivity index (χ2v) is 3.98. The Morgan fingerprint density at radius 3 is 2.62 bits per heavy atom. The molecule has 0 bridgehead atoms. The van der Waals surface area contributed by atoms with Gasteiger partial charge in [-0.05, 0) is 29.9 Å². The predicted octanol–water partition coefficient (Wildman–Crippen LogP) is 2.74. The molecule has 0 amide bonds. The predicted molar refractivity (Wildman–Crippen MR) is 56.2 cm³/mol. The van der Waals surface area contributed by atoms with Crippen molar-refractivity contribution in [2.45, 2.75) is 19.1 Å². The Hall–Kier alpha value is -0.830. The van der Waals surface area contributed by atoms with Crippen LogP contribution in [0.1, 0.15) is 18.9 Å². The summed E-state index contributed by atoms with van der Waals surface area (Å²) in [5.41, 5.74) is 1.05. The second-order valence-electron chi connectivity index (χ2n) is 2.88. The third-order valence-corrected chi connectivity index (χ3v) is 2.89. The van der Waals surface area contributed by atoms with E-state index in [0.29, 0.717) is 0 Å². The first-order valence-corrected chi connectivity index (χ1v) is 5.48. The molecule has 0 spiro atoms.